The van der Waals surface area contributed by atoms with Gasteiger partial charge in [-0.15, -0.1) is 0 Å². The molecule has 3 rings (SSSR count). The molecule has 1 N–H and O–H groups in total. The highest BCUT2D eigenvalue weighted by molar-refractivity contribution is 7.58. The highest BCUT2D eigenvalue weighted by atomic mass is 31.2. The van der Waals surface area contributed by atoms with Gasteiger partial charge in [-0.3, -0.25) is 4.57 Å². The number of dihydropyridines is 1. The van der Waals surface area contributed by atoms with Crippen LogP contribution in [0.1, 0.15) is 39.2 Å². The fourth-order valence-electron chi connectivity index (χ4n) is 3.69. The van der Waals surface area contributed by atoms with Gasteiger partial charge in [0, 0.05) is 22.4 Å². The Labute approximate surface area is 179 Å². The summed E-state index contributed by atoms with van der Waals surface area (Å²) in [7, 11) is -2.67. The van der Waals surface area contributed by atoms with E-state index in [1.54, 1.807) is 19.9 Å². The zero-order valence-electron chi connectivity index (χ0n) is 18.0. The number of methoxy groups -OCH3 is 1. The summed E-state index contributed by atoms with van der Waals surface area (Å²) in [5, 5.41) is 3.20. The normalized spacial score (nSPS) is 22.9. The second-order valence-corrected chi connectivity index (χ2v) is 10.2. The first-order valence-electron chi connectivity index (χ1n) is 9.69. The van der Waals surface area contributed by atoms with Gasteiger partial charge in [-0.05, 0) is 19.9 Å². The zero-order valence-corrected chi connectivity index (χ0v) is 18.9. The maximum atomic E-state index is 13.9. The van der Waals surface area contributed by atoms with Gasteiger partial charge in [0.2, 0.25) is 0 Å². The molecule has 1 aromatic rings. The van der Waals surface area contributed by atoms with E-state index in [9.17, 15) is 18.1 Å². The molecule has 170 valence electrons. The van der Waals surface area contributed by atoms with Crippen LogP contribution in [0.2, 0.25) is 0 Å². The smallest absolute Gasteiger partial charge is 0.387 e. The molecule has 2 heterocycles. The molecule has 2 aliphatic heterocycles. The van der Waals surface area contributed by atoms with Gasteiger partial charge in [-0.2, -0.15) is 8.78 Å². The number of allylic oxidation sites excluding steroid dienone is 3. The van der Waals surface area contributed by atoms with Crippen molar-refractivity contribution >= 4 is 13.6 Å². The van der Waals surface area contributed by atoms with Crippen molar-refractivity contribution in [2.75, 3.05) is 20.3 Å². The van der Waals surface area contributed by atoms with Gasteiger partial charge in [0.05, 0.1) is 37.1 Å². The number of hydrogen-bond donors (Lipinski definition) is 1. The molecule has 0 aromatic heterocycles. The number of alkyl halides is 2. The highest BCUT2D eigenvalue weighted by Crippen LogP contribution is 2.67. The first kappa shape index (κ1) is 23.4. The molecule has 0 spiro atoms. The molecule has 7 nitrogen and oxygen atoms in total. The molecule has 0 amide bonds. The van der Waals surface area contributed by atoms with Gasteiger partial charge in [0.1, 0.15) is 5.75 Å². The summed E-state index contributed by atoms with van der Waals surface area (Å²) in [5.74, 6) is -1.88. The molecule has 1 aromatic carbocycles. The van der Waals surface area contributed by atoms with Crippen LogP contribution in [-0.4, -0.2) is 32.9 Å². The molecule has 10 heteroatoms. The second kappa shape index (κ2) is 8.73. The molecule has 1 saturated heterocycles. The average Bonchev–Trinajstić information content (AvgIpc) is 2.69. The second-order valence-electron chi connectivity index (χ2n) is 8.22. The topological polar surface area (TPSA) is 83.1 Å². The van der Waals surface area contributed by atoms with E-state index in [0.29, 0.717) is 11.4 Å². The maximum absolute atomic E-state index is 13.9. The number of nitrogens with one attached hydrogen (secondary N) is 1. The average molecular weight is 457 g/mol. The third kappa shape index (κ3) is 4.68. The fraction of sp³-hybridized carbons (Fsp3) is 0.476. The van der Waals surface area contributed by atoms with Crippen LogP contribution >= 0.6 is 7.60 Å². The molecule has 0 bridgehead atoms. The Morgan fingerprint density at radius 3 is 2.39 bits per heavy atom. The first-order valence-corrected chi connectivity index (χ1v) is 11.2. The van der Waals surface area contributed by atoms with Crippen LogP contribution in [0.3, 0.4) is 0 Å². The summed E-state index contributed by atoms with van der Waals surface area (Å²) < 4.78 is 61.2. The Bertz CT molecular complexity index is 974. The van der Waals surface area contributed by atoms with E-state index >= 15 is 0 Å². The van der Waals surface area contributed by atoms with Crippen LogP contribution in [-0.2, 0) is 23.1 Å². The summed E-state index contributed by atoms with van der Waals surface area (Å²) in [6.45, 7) is 4.38. The van der Waals surface area contributed by atoms with Crippen molar-refractivity contribution in [3.63, 3.8) is 0 Å². The number of hydrogen-bond acceptors (Lipinski definition) is 7. The van der Waals surface area contributed by atoms with Crippen molar-refractivity contribution in [1.82, 2.24) is 5.32 Å². The number of carbonyl (C=O) groups excluding carboxylic acids is 1. The lowest BCUT2D eigenvalue weighted by atomic mass is 9.86. The largest absolute Gasteiger partial charge is 0.466 e. The summed E-state index contributed by atoms with van der Waals surface area (Å²) >= 11 is 0. The van der Waals surface area contributed by atoms with E-state index in [-0.39, 0.29) is 40.8 Å². The predicted molar refractivity (Wildman–Crippen MR) is 110 cm³/mol. The van der Waals surface area contributed by atoms with Crippen molar-refractivity contribution in [3.05, 3.63) is 52.1 Å². The minimum absolute atomic E-state index is 0.112. The summed E-state index contributed by atoms with van der Waals surface area (Å²) in [5.41, 5.74) is 0.874. The van der Waals surface area contributed by atoms with E-state index in [4.69, 9.17) is 18.5 Å². The van der Waals surface area contributed by atoms with Crippen molar-refractivity contribution in [3.8, 4) is 5.75 Å². The standard InChI is InChI=1S/C21H26F2NO6P/c1-12-16(19(25)27-5)17(14-8-6-7-9-15(14)30-20(22)23)18(13(2)24-12)31(26)28-10-21(3,4)11-29-31/h6-9,17,20,24H,10-11H2,1-5H3. The zero-order chi connectivity index (χ0) is 23.0. The van der Waals surface area contributed by atoms with Gasteiger partial charge >= 0.3 is 20.2 Å². The minimum atomic E-state index is -3.88. The monoisotopic (exact) mass is 457 g/mol. The van der Waals surface area contributed by atoms with Crippen LogP contribution in [0, 0.1) is 5.41 Å². The van der Waals surface area contributed by atoms with Crippen LogP contribution in [0.25, 0.3) is 0 Å². The van der Waals surface area contributed by atoms with Crippen molar-refractivity contribution in [1.29, 1.82) is 0 Å². The molecule has 0 aliphatic carbocycles. The Hall–Kier alpha value is -2.22. The van der Waals surface area contributed by atoms with Crippen LogP contribution in [0.5, 0.6) is 5.75 Å². The van der Waals surface area contributed by atoms with Crippen LogP contribution in [0.15, 0.2) is 46.5 Å². The van der Waals surface area contributed by atoms with Crippen LogP contribution in [0.4, 0.5) is 8.78 Å². The maximum Gasteiger partial charge on any atom is 0.387 e. The van der Waals surface area contributed by atoms with Crippen molar-refractivity contribution in [2.45, 2.75) is 40.2 Å². The molecular weight excluding hydrogens is 431 g/mol. The lowest BCUT2D eigenvalue weighted by molar-refractivity contribution is -0.136. The lowest BCUT2D eigenvalue weighted by Gasteiger charge is -2.39. The van der Waals surface area contributed by atoms with E-state index in [1.165, 1.54) is 25.3 Å². The Morgan fingerprint density at radius 1 is 1.19 bits per heavy atom. The number of benzene rings is 1. The van der Waals surface area contributed by atoms with E-state index in [2.05, 4.69) is 5.32 Å². The van der Waals surface area contributed by atoms with Gasteiger partial charge in [-0.25, -0.2) is 4.79 Å². The number of halogens is 2. The Morgan fingerprint density at radius 2 is 1.81 bits per heavy atom. The Kier molecular flexibility index (Phi) is 6.60. The molecular formula is C21H26F2NO6P. The quantitative estimate of drug-likeness (QED) is 0.496. The fourth-order valence-corrected chi connectivity index (χ4v) is 6.13. The molecule has 2 aliphatic rings. The van der Waals surface area contributed by atoms with Gasteiger partial charge in [0.25, 0.3) is 0 Å². The number of para-hydroxylation sites is 1. The molecule has 31 heavy (non-hydrogen) atoms. The molecule has 1 fully saturated rings. The van der Waals surface area contributed by atoms with E-state index in [0.717, 1.165) is 0 Å². The molecule has 0 radical (unpaired) electrons. The molecule has 0 saturated carbocycles. The Balaban J connectivity index is 2.21. The number of ether oxygens (including phenoxy) is 2. The minimum Gasteiger partial charge on any atom is -0.466 e. The van der Waals surface area contributed by atoms with Crippen molar-refractivity contribution in [2.24, 2.45) is 5.41 Å². The number of carbonyl (C=O) groups is 1. The summed E-state index contributed by atoms with van der Waals surface area (Å²) in [6, 6.07) is 6.05. The highest BCUT2D eigenvalue weighted by Gasteiger charge is 2.48. The lowest BCUT2D eigenvalue weighted by Crippen LogP contribution is -2.34. The SMILES string of the molecule is COC(=O)C1=C(C)NC(C)=C(P2(=O)OCC(C)(C)CO2)C1c1ccccc1OC(F)F. The third-order valence-electron chi connectivity index (χ3n) is 5.12. The molecule has 1 atom stereocenters. The number of rotatable bonds is 5. The van der Waals surface area contributed by atoms with Gasteiger partial charge < -0.3 is 23.8 Å². The summed E-state index contributed by atoms with van der Waals surface area (Å²) in [6.07, 6.45) is 0. The predicted octanol–water partition coefficient (Wildman–Crippen LogP) is 4.92. The van der Waals surface area contributed by atoms with E-state index in [1.807, 2.05) is 13.8 Å². The number of esters is 1. The van der Waals surface area contributed by atoms with Gasteiger partial charge in [0.15, 0.2) is 0 Å². The molecule has 1 unspecified atom stereocenters. The summed E-state index contributed by atoms with van der Waals surface area (Å²) in [4.78, 5) is 12.7. The van der Waals surface area contributed by atoms with Gasteiger partial charge in [-0.1, -0.05) is 32.0 Å². The van der Waals surface area contributed by atoms with Crippen molar-refractivity contribution < 1.29 is 36.7 Å². The third-order valence-corrected chi connectivity index (χ3v) is 7.24. The first-order chi connectivity index (χ1) is 14.5. The van der Waals surface area contributed by atoms with E-state index < -0.39 is 26.1 Å². The van der Waals surface area contributed by atoms with Crippen LogP contribution < -0.4 is 10.1 Å².